The van der Waals surface area contributed by atoms with E-state index in [0.717, 1.165) is 32.1 Å². The molecule has 20 heavy (non-hydrogen) atoms. The summed E-state index contributed by atoms with van der Waals surface area (Å²) >= 11 is 0. The van der Waals surface area contributed by atoms with Gasteiger partial charge < -0.3 is 5.73 Å². The molecule has 1 atom stereocenters. The molecule has 0 rings (SSSR count). The minimum absolute atomic E-state index is 0.236. The molecule has 0 spiro atoms. The Morgan fingerprint density at radius 1 is 0.800 bits per heavy atom. The van der Waals surface area contributed by atoms with Gasteiger partial charge in [0.25, 0.3) is 0 Å². The molecule has 0 aromatic rings. The van der Waals surface area contributed by atoms with Crippen molar-refractivity contribution in [3.05, 3.63) is 0 Å². The Morgan fingerprint density at radius 3 is 1.75 bits per heavy atom. The van der Waals surface area contributed by atoms with Gasteiger partial charge in [0.15, 0.2) is 0 Å². The molecule has 0 bridgehead atoms. The van der Waals surface area contributed by atoms with E-state index in [1.54, 1.807) is 0 Å². The molecule has 0 amide bonds. The average Bonchev–Trinajstić information content (AvgIpc) is 2.40. The summed E-state index contributed by atoms with van der Waals surface area (Å²) in [5, 5.41) is 0. The molecule has 0 fully saturated rings. The number of carbonyl (C=O) groups is 1. The fourth-order valence-electron chi connectivity index (χ4n) is 2.56. The smallest absolute Gasteiger partial charge is 0.132 e. The molecule has 0 radical (unpaired) electrons. The molecule has 0 saturated heterocycles. The second-order valence-electron chi connectivity index (χ2n) is 6.34. The molecule has 1 unspecified atom stereocenters. The van der Waals surface area contributed by atoms with E-state index in [1.165, 1.54) is 57.8 Å². The second-order valence-corrected chi connectivity index (χ2v) is 6.34. The molecule has 0 aliphatic heterocycles. The lowest BCUT2D eigenvalue weighted by atomic mass is 10.0. The fourth-order valence-corrected chi connectivity index (χ4v) is 2.56. The zero-order valence-corrected chi connectivity index (χ0v) is 14.0. The van der Waals surface area contributed by atoms with Gasteiger partial charge in [0.1, 0.15) is 5.78 Å². The molecule has 0 aliphatic carbocycles. The van der Waals surface area contributed by atoms with Crippen LogP contribution in [-0.2, 0) is 4.79 Å². The SMILES string of the molecule is CCCCCCCCCCCCC(=O)CCCC(C)N. The number of unbranched alkanes of at least 4 members (excludes halogenated alkanes) is 9. The van der Waals surface area contributed by atoms with Crippen LogP contribution in [0.3, 0.4) is 0 Å². The highest BCUT2D eigenvalue weighted by Crippen LogP contribution is 2.12. The molecule has 2 nitrogen and oxygen atoms in total. The standard InChI is InChI=1S/C18H37NO/c1-3-4-5-6-7-8-9-10-11-12-15-18(20)16-13-14-17(2)19/h17H,3-16,19H2,1-2H3. The summed E-state index contributed by atoms with van der Waals surface area (Å²) in [4.78, 5) is 11.6. The maximum atomic E-state index is 11.6. The highest BCUT2D eigenvalue weighted by Gasteiger charge is 2.03. The van der Waals surface area contributed by atoms with Gasteiger partial charge in [-0.1, -0.05) is 64.7 Å². The van der Waals surface area contributed by atoms with E-state index in [1.807, 2.05) is 6.92 Å². The van der Waals surface area contributed by atoms with E-state index in [4.69, 9.17) is 5.73 Å². The monoisotopic (exact) mass is 283 g/mol. The molecule has 0 aromatic carbocycles. The lowest BCUT2D eigenvalue weighted by Gasteiger charge is -2.04. The van der Waals surface area contributed by atoms with Crippen LogP contribution >= 0.6 is 0 Å². The number of Topliss-reactive ketones (excluding diaryl/α,β-unsaturated/α-hetero) is 1. The first kappa shape index (κ1) is 19.6. The number of hydrogen-bond acceptors (Lipinski definition) is 2. The van der Waals surface area contributed by atoms with Gasteiger partial charge in [0.2, 0.25) is 0 Å². The average molecular weight is 283 g/mol. The van der Waals surface area contributed by atoms with Crippen molar-refractivity contribution < 1.29 is 4.79 Å². The third-order valence-corrected chi connectivity index (χ3v) is 3.92. The topological polar surface area (TPSA) is 43.1 Å². The Kier molecular flexibility index (Phi) is 14.7. The van der Waals surface area contributed by atoms with E-state index in [0.29, 0.717) is 5.78 Å². The Morgan fingerprint density at radius 2 is 1.25 bits per heavy atom. The van der Waals surface area contributed by atoms with Crippen LogP contribution in [0.1, 0.15) is 104 Å². The number of ketones is 1. The van der Waals surface area contributed by atoms with Crippen LogP contribution in [0.5, 0.6) is 0 Å². The van der Waals surface area contributed by atoms with E-state index >= 15 is 0 Å². The zero-order chi connectivity index (χ0) is 15.1. The highest BCUT2D eigenvalue weighted by molar-refractivity contribution is 5.78. The van der Waals surface area contributed by atoms with Crippen LogP contribution in [0.4, 0.5) is 0 Å². The molecule has 0 heterocycles. The number of hydrogen-bond donors (Lipinski definition) is 1. The van der Waals surface area contributed by atoms with Gasteiger partial charge in [0.05, 0.1) is 0 Å². The molecule has 0 saturated carbocycles. The van der Waals surface area contributed by atoms with Crippen LogP contribution in [-0.4, -0.2) is 11.8 Å². The molecule has 0 aliphatic rings. The Bertz CT molecular complexity index is 213. The van der Waals surface area contributed by atoms with Gasteiger partial charge in [-0.3, -0.25) is 4.79 Å². The van der Waals surface area contributed by atoms with Crippen molar-refractivity contribution in [3.63, 3.8) is 0 Å². The minimum atomic E-state index is 0.236. The molecule has 2 N–H and O–H groups in total. The van der Waals surface area contributed by atoms with Crippen molar-refractivity contribution in [1.29, 1.82) is 0 Å². The first-order valence-electron chi connectivity index (χ1n) is 8.94. The maximum absolute atomic E-state index is 11.6. The Labute approximate surface area is 126 Å². The molecule has 120 valence electrons. The maximum Gasteiger partial charge on any atom is 0.132 e. The predicted octanol–water partition coefficient (Wildman–Crippen LogP) is 5.38. The van der Waals surface area contributed by atoms with Crippen LogP contribution in [0.15, 0.2) is 0 Å². The predicted molar refractivity (Wildman–Crippen MR) is 89.0 cm³/mol. The van der Waals surface area contributed by atoms with Crippen LogP contribution < -0.4 is 5.73 Å². The zero-order valence-electron chi connectivity index (χ0n) is 14.0. The summed E-state index contributed by atoms with van der Waals surface area (Å²) in [7, 11) is 0. The van der Waals surface area contributed by atoms with Gasteiger partial charge in [-0.25, -0.2) is 0 Å². The van der Waals surface area contributed by atoms with Crippen molar-refractivity contribution in [2.24, 2.45) is 5.73 Å². The van der Waals surface area contributed by atoms with Gasteiger partial charge >= 0.3 is 0 Å². The van der Waals surface area contributed by atoms with Crippen molar-refractivity contribution in [1.82, 2.24) is 0 Å². The van der Waals surface area contributed by atoms with E-state index < -0.39 is 0 Å². The number of rotatable bonds is 15. The molecule has 0 aromatic heterocycles. The van der Waals surface area contributed by atoms with E-state index in [2.05, 4.69) is 6.92 Å². The normalized spacial score (nSPS) is 12.6. The first-order valence-corrected chi connectivity index (χ1v) is 8.94. The second kappa shape index (κ2) is 15.0. The van der Waals surface area contributed by atoms with Gasteiger partial charge in [-0.2, -0.15) is 0 Å². The summed E-state index contributed by atoms with van der Waals surface area (Å²) in [6.07, 6.45) is 16.8. The summed E-state index contributed by atoms with van der Waals surface area (Å²) in [6.45, 7) is 4.27. The summed E-state index contributed by atoms with van der Waals surface area (Å²) in [5.41, 5.74) is 5.67. The highest BCUT2D eigenvalue weighted by atomic mass is 16.1. The minimum Gasteiger partial charge on any atom is -0.328 e. The Balaban J connectivity index is 3.13. The number of carbonyl (C=O) groups excluding carboxylic acids is 1. The fraction of sp³-hybridized carbons (Fsp3) is 0.944. The van der Waals surface area contributed by atoms with Crippen LogP contribution in [0.25, 0.3) is 0 Å². The third-order valence-electron chi connectivity index (χ3n) is 3.92. The van der Waals surface area contributed by atoms with Crippen LogP contribution in [0.2, 0.25) is 0 Å². The third kappa shape index (κ3) is 15.7. The van der Waals surface area contributed by atoms with Crippen molar-refractivity contribution in [3.8, 4) is 0 Å². The van der Waals surface area contributed by atoms with Gasteiger partial charge in [0, 0.05) is 18.9 Å². The van der Waals surface area contributed by atoms with Crippen molar-refractivity contribution >= 4 is 5.78 Å². The first-order chi connectivity index (χ1) is 9.66. The van der Waals surface area contributed by atoms with E-state index in [-0.39, 0.29) is 6.04 Å². The molecular weight excluding hydrogens is 246 g/mol. The van der Waals surface area contributed by atoms with E-state index in [9.17, 15) is 4.79 Å². The lowest BCUT2D eigenvalue weighted by Crippen LogP contribution is -2.14. The summed E-state index contributed by atoms with van der Waals surface area (Å²) in [6, 6.07) is 0.236. The molecular formula is C18H37NO. The largest absolute Gasteiger partial charge is 0.328 e. The Hall–Kier alpha value is -0.370. The quantitative estimate of drug-likeness (QED) is 0.410. The van der Waals surface area contributed by atoms with Crippen molar-refractivity contribution in [2.75, 3.05) is 0 Å². The lowest BCUT2D eigenvalue weighted by molar-refractivity contribution is -0.119. The van der Waals surface area contributed by atoms with Gasteiger partial charge in [-0.15, -0.1) is 0 Å². The van der Waals surface area contributed by atoms with Crippen molar-refractivity contribution in [2.45, 2.75) is 110 Å². The van der Waals surface area contributed by atoms with Gasteiger partial charge in [-0.05, 0) is 26.2 Å². The summed E-state index contributed by atoms with van der Waals surface area (Å²) < 4.78 is 0. The summed E-state index contributed by atoms with van der Waals surface area (Å²) in [5.74, 6) is 0.435. The molecule has 2 heteroatoms. The number of nitrogens with two attached hydrogens (primary N) is 1. The van der Waals surface area contributed by atoms with Crippen LogP contribution in [0, 0.1) is 0 Å².